The second-order valence-corrected chi connectivity index (χ2v) is 10.2. The molecule has 1 heterocycles. The van der Waals surface area contributed by atoms with Crippen LogP contribution in [0.2, 0.25) is 0 Å². The maximum atomic E-state index is 13.4. The fraction of sp³-hybridized carbons (Fsp3) is 0.308. The number of pyridine rings is 1. The highest BCUT2D eigenvalue weighted by Gasteiger charge is 2.24. The summed E-state index contributed by atoms with van der Waals surface area (Å²) in [5.41, 5.74) is 1.82. The van der Waals surface area contributed by atoms with Crippen molar-refractivity contribution < 1.29 is 13.2 Å². The molecule has 0 bridgehead atoms. The van der Waals surface area contributed by atoms with Gasteiger partial charge < -0.3 is 10.3 Å². The van der Waals surface area contributed by atoms with Gasteiger partial charge in [-0.2, -0.15) is 0 Å². The predicted molar refractivity (Wildman–Crippen MR) is 135 cm³/mol. The lowest BCUT2D eigenvalue weighted by Crippen LogP contribution is -2.31. The van der Waals surface area contributed by atoms with Gasteiger partial charge in [0.25, 0.3) is 15.9 Å². The molecule has 0 atom stereocenters. The summed E-state index contributed by atoms with van der Waals surface area (Å²) >= 11 is 0. The van der Waals surface area contributed by atoms with Crippen molar-refractivity contribution in [3.8, 4) is 0 Å². The number of nitrogens with one attached hydrogen (secondary N) is 2. The lowest BCUT2D eigenvalue weighted by molar-refractivity contribution is 0.0953. The molecule has 4 rings (SSSR count). The first-order chi connectivity index (χ1) is 16.4. The highest BCUT2D eigenvalue weighted by molar-refractivity contribution is 7.92. The minimum atomic E-state index is -3.90. The molecule has 0 saturated heterocycles. The Morgan fingerprint density at radius 1 is 1.12 bits per heavy atom. The van der Waals surface area contributed by atoms with Crippen LogP contribution >= 0.6 is 0 Å². The monoisotopic (exact) mass is 479 g/mol. The third-order valence-electron chi connectivity index (χ3n) is 6.13. The van der Waals surface area contributed by atoms with E-state index in [1.54, 1.807) is 37.3 Å². The van der Waals surface area contributed by atoms with E-state index in [0.29, 0.717) is 17.7 Å². The van der Waals surface area contributed by atoms with Gasteiger partial charge >= 0.3 is 0 Å². The minimum Gasteiger partial charge on any atom is -0.360 e. The molecule has 1 aliphatic rings. The van der Waals surface area contributed by atoms with Crippen LogP contribution in [0.1, 0.15) is 49.4 Å². The largest absolute Gasteiger partial charge is 0.360 e. The molecule has 8 heteroatoms. The quantitative estimate of drug-likeness (QED) is 0.469. The highest BCUT2D eigenvalue weighted by Crippen LogP contribution is 2.25. The summed E-state index contributed by atoms with van der Waals surface area (Å²) in [6, 6.07) is 13.2. The number of aromatic nitrogens is 1. The maximum absolute atomic E-state index is 13.4. The van der Waals surface area contributed by atoms with Crippen LogP contribution in [-0.2, 0) is 10.0 Å². The lowest BCUT2D eigenvalue weighted by atomic mass is 9.97. The first-order valence-electron chi connectivity index (χ1n) is 11.6. The third-order valence-corrected chi connectivity index (χ3v) is 8.03. The van der Waals surface area contributed by atoms with E-state index in [-0.39, 0.29) is 22.4 Å². The van der Waals surface area contributed by atoms with E-state index in [2.05, 4.69) is 16.4 Å². The van der Waals surface area contributed by atoms with Crippen LogP contribution in [0, 0.1) is 0 Å². The van der Waals surface area contributed by atoms with Crippen LogP contribution in [0.5, 0.6) is 0 Å². The summed E-state index contributed by atoms with van der Waals surface area (Å²) in [6.07, 6.45) is 8.91. The third kappa shape index (κ3) is 4.92. The highest BCUT2D eigenvalue weighted by atomic mass is 32.2. The number of rotatable bonds is 8. The van der Waals surface area contributed by atoms with Crippen LogP contribution in [0.4, 0.5) is 5.69 Å². The van der Waals surface area contributed by atoms with Gasteiger partial charge in [0, 0.05) is 30.2 Å². The van der Waals surface area contributed by atoms with Gasteiger partial charge in [-0.3, -0.25) is 13.9 Å². The molecule has 1 amide bonds. The number of H-pyrrole nitrogens is 1. The molecule has 0 fully saturated rings. The summed E-state index contributed by atoms with van der Waals surface area (Å²) < 4.78 is 28.0. The zero-order chi connectivity index (χ0) is 24.1. The predicted octanol–water partition coefficient (Wildman–Crippen LogP) is 4.36. The Balaban J connectivity index is 1.60. The number of para-hydroxylation sites is 1. The number of fused-ring (bicyclic) bond motifs is 1. The SMILES string of the molecule is CCN(c1ccccc1)S(=O)(=O)c1ccc2[nH]cc(C(=O)NCCC3=CCCCC3)c(=O)c2c1. The Morgan fingerprint density at radius 3 is 2.62 bits per heavy atom. The Bertz CT molecular complexity index is 1380. The summed E-state index contributed by atoms with van der Waals surface area (Å²) in [6.45, 7) is 2.45. The van der Waals surface area contributed by atoms with Gasteiger partial charge in [-0.25, -0.2) is 8.42 Å². The van der Waals surface area contributed by atoms with Crippen molar-refractivity contribution in [3.05, 3.63) is 82.2 Å². The first-order valence-corrected chi connectivity index (χ1v) is 13.0. The van der Waals surface area contributed by atoms with Gasteiger partial charge in [0.05, 0.1) is 10.6 Å². The number of sulfonamides is 1. The molecule has 2 aromatic carbocycles. The van der Waals surface area contributed by atoms with Crippen LogP contribution < -0.4 is 15.1 Å². The topological polar surface area (TPSA) is 99.3 Å². The van der Waals surface area contributed by atoms with Crippen LogP contribution in [-0.4, -0.2) is 32.4 Å². The van der Waals surface area contributed by atoms with Crippen LogP contribution in [0.15, 0.2) is 76.1 Å². The second-order valence-electron chi connectivity index (χ2n) is 8.36. The summed E-state index contributed by atoms with van der Waals surface area (Å²) in [7, 11) is -3.90. The number of hydrogen-bond donors (Lipinski definition) is 2. The number of nitrogens with zero attached hydrogens (tertiary/aromatic N) is 1. The minimum absolute atomic E-state index is 0.00185. The van der Waals surface area contributed by atoms with Gasteiger partial charge in [0.15, 0.2) is 0 Å². The standard InChI is InChI=1S/C26H29N3O4S/c1-2-29(20-11-7-4-8-12-20)34(32,33)21-13-14-24-22(17-21)25(30)23(18-28-24)26(31)27-16-15-19-9-5-3-6-10-19/h4,7-9,11-14,17-18H,2-3,5-6,10,15-16H2,1H3,(H,27,31)(H,28,30). The average Bonchev–Trinajstić information content (AvgIpc) is 2.85. The van der Waals surface area contributed by atoms with E-state index in [1.807, 2.05) is 6.07 Å². The summed E-state index contributed by atoms with van der Waals surface area (Å²) in [5.74, 6) is -0.465. The summed E-state index contributed by atoms with van der Waals surface area (Å²) in [4.78, 5) is 28.8. The fourth-order valence-corrected chi connectivity index (χ4v) is 5.80. The van der Waals surface area contributed by atoms with Crippen molar-refractivity contribution in [1.29, 1.82) is 0 Å². The maximum Gasteiger partial charge on any atom is 0.264 e. The number of anilines is 1. The molecular formula is C26H29N3O4S. The van der Waals surface area contributed by atoms with Crippen LogP contribution in [0.3, 0.4) is 0 Å². The lowest BCUT2D eigenvalue weighted by Gasteiger charge is -2.23. The molecule has 7 nitrogen and oxygen atoms in total. The molecule has 2 N–H and O–H groups in total. The molecule has 178 valence electrons. The van der Waals surface area contributed by atoms with E-state index < -0.39 is 21.4 Å². The molecule has 3 aromatic rings. The molecule has 0 aliphatic heterocycles. The molecule has 1 aliphatic carbocycles. The van der Waals surface area contributed by atoms with Crippen molar-refractivity contribution in [2.24, 2.45) is 0 Å². The van der Waals surface area contributed by atoms with E-state index in [0.717, 1.165) is 19.3 Å². The van der Waals surface area contributed by atoms with Gasteiger partial charge in [0.2, 0.25) is 5.43 Å². The van der Waals surface area contributed by atoms with Crippen molar-refractivity contribution >= 4 is 32.5 Å². The zero-order valence-corrected chi connectivity index (χ0v) is 20.0. The number of hydrogen-bond acceptors (Lipinski definition) is 4. The van der Waals surface area contributed by atoms with Crippen LogP contribution in [0.25, 0.3) is 10.9 Å². The van der Waals surface area contributed by atoms with E-state index in [1.165, 1.54) is 41.0 Å². The smallest absolute Gasteiger partial charge is 0.264 e. The van der Waals surface area contributed by atoms with Gasteiger partial charge in [0.1, 0.15) is 5.56 Å². The normalized spacial score (nSPS) is 14.0. The molecule has 0 radical (unpaired) electrons. The Kier molecular flexibility index (Phi) is 7.17. The molecule has 0 unspecified atom stereocenters. The Hall–Kier alpha value is -3.39. The summed E-state index contributed by atoms with van der Waals surface area (Å²) in [5, 5.41) is 2.98. The average molecular weight is 480 g/mol. The number of carbonyl (C=O) groups is 1. The van der Waals surface area contributed by atoms with Gasteiger partial charge in [-0.05, 0) is 69.4 Å². The molecule has 1 aromatic heterocycles. The second kappa shape index (κ2) is 10.3. The van der Waals surface area contributed by atoms with Crippen molar-refractivity contribution in [2.75, 3.05) is 17.4 Å². The molecule has 34 heavy (non-hydrogen) atoms. The van der Waals surface area contributed by atoms with Crippen molar-refractivity contribution in [3.63, 3.8) is 0 Å². The number of allylic oxidation sites excluding steroid dienone is 1. The van der Waals surface area contributed by atoms with E-state index in [4.69, 9.17) is 0 Å². The molecular weight excluding hydrogens is 450 g/mol. The number of carbonyl (C=O) groups excluding carboxylic acids is 1. The Morgan fingerprint density at radius 2 is 1.91 bits per heavy atom. The van der Waals surface area contributed by atoms with E-state index >= 15 is 0 Å². The van der Waals surface area contributed by atoms with Crippen molar-refractivity contribution in [1.82, 2.24) is 10.3 Å². The van der Waals surface area contributed by atoms with Gasteiger partial charge in [-0.1, -0.05) is 29.8 Å². The Labute approximate surface area is 199 Å². The number of benzene rings is 2. The van der Waals surface area contributed by atoms with Crippen molar-refractivity contribution in [2.45, 2.75) is 43.9 Å². The zero-order valence-electron chi connectivity index (χ0n) is 19.2. The number of aromatic amines is 1. The molecule has 0 saturated carbocycles. The molecule has 0 spiro atoms. The number of amides is 1. The first kappa shape index (κ1) is 23.8. The fourth-order valence-electron chi connectivity index (χ4n) is 4.30. The van der Waals surface area contributed by atoms with E-state index in [9.17, 15) is 18.0 Å². The van der Waals surface area contributed by atoms with Gasteiger partial charge in [-0.15, -0.1) is 0 Å².